The Labute approximate surface area is 323 Å². The zero-order valence-corrected chi connectivity index (χ0v) is 30.6. The summed E-state index contributed by atoms with van der Waals surface area (Å²) in [6.45, 7) is -3.26. The Balaban J connectivity index is 1.94. The minimum Gasteiger partial charge on any atom is -0.477 e. The molecule has 0 bridgehead atoms. The number of aliphatic hydroxyl groups is 14. The molecule has 3 aliphatic rings. The number of carbonyl (C=O) groups excluding carboxylic acids is 2. The van der Waals surface area contributed by atoms with E-state index in [1.165, 1.54) is 0 Å². The van der Waals surface area contributed by atoms with Crippen LogP contribution in [0, 0.1) is 0 Å². The van der Waals surface area contributed by atoms with Gasteiger partial charge < -0.3 is 116 Å². The Morgan fingerprint density at radius 1 is 0.737 bits per heavy atom. The summed E-state index contributed by atoms with van der Waals surface area (Å²) in [5, 5.41) is 159. The van der Waals surface area contributed by atoms with Crippen LogP contribution in [0.5, 0.6) is 0 Å². The van der Waals surface area contributed by atoms with E-state index in [0.29, 0.717) is 0 Å². The fraction of sp³-hybridized carbons (Fsp3) is 0.903. The molecule has 3 fully saturated rings. The molecule has 0 spiro atoms. The highest BCUT2D eigenvalue weighted by atomic mass is 16.8. The Morgan fingerprint density at radius 3 is 1.82 bits per heavy atom. The van der Waals surface area contributed by atoms with Crippen molar-refractivity contribution in [2.75, 3.05) is 33.0 Å². The van der Waals surface area contributed by atoms with Gasteiger partial charge in [-0.1, -0.05) is 0 Å². The SMILES string of the molecule is CC(=O)N[C@H]1[C@H](O[C@H]2[C@@H](O)[C@@H](CO)O[C@@H](O[C@@H]([C@H](O)[C@@H](O)CO)[C@H](O)CO)[C@@H]2O)O[C@H](CO[C@]2(C(=O)O)C[C@H](O)[C@@H](NC(C)=O)[C@H]([C@H](O)[C@H](O)CO)O2)[C@@H](O)[C@@H]1O. The molecule has 3 aliphatic heterocycles. The molecule has 0 saturated carbocycles. The maximum absolute atomic E-state index is 12.6. The first kappa shape index (κ1) is 49.0. The molecule has 26 nitrogen and oxygen atoms in total. The number of ether oxygens (including phenoxy) is 6. The number of aliphatic hydroxyl groups excluding tert-OH is 14. The minimum atomic E-state index is -2.94. The number of hydrogen-bond donors (Lipinski definition) is 17. The van der Waals surface area contributed by atoms with E-state index in [9.17, 15) is 91.0 Å². The zero-order chi connectivity index (χ0) is 43.1. The fourth-order valence-electron chi connectivity index (χ4n) is 6.53. The van der Waals surface area contributed by atoms with Gasteiger partial charge in [0.2, 0.25) is 11.8 Å². The highest BCUT2D eigenvalue weighted by Crippen LogP contribution is 2.36. The lowest BCUT2D eigenvalue weighted by Gasteiger charge is -2.49. The highest BCUT2D eigenvalue weighted by Gasteiger charge is 2.58. The number of amides is 2. The number of hydrogen-bond acceptors (Lipinski definition) is 23. The standard InChI is InChI=1S/C31H54N2O24/c1-9(38)32-17-11(40)3-31(30(50)51,57-26(17)20(45)13(42)5-35)52-8-16-21(46)23(48)18(33-10(2)39)28(54-16)56-27-22(47)15(7-37)53-29(24(27)49)55-25(14(43)6-36)19(44)12(41)4-34/h11-29,34-37,40-49H,3-8H2,1-2H3,(H,32,38)(H,33,39)(H,50,51)/t11-,12-,13+,14+,15+,16+,17+,18+,19+,20+,21+,22-,23+,24+,25+,26+,27-,28-,29-,31+/m0/s1. The molecule has 0 unspecified atom stereocenters. The predicted molar refractivity (Wildman–Crippen MR) is 176 cm³/mol. The maximum Gasteiger partial charge on any atom is 0.364 e. The molecule has 0 aromatic rings. The first-order chi connectivity index (χ1) is 26.7. The third kappa shape index (κ3) is 11.5. The fourth-order valence-corrected chi connectivity index (χ4v) is 6.53. The summed E-state index contributed by atoms with van der Waals surface area (Å²) in [5.74, 6) is -6.48. The second-order valence-electron chi connectivity index (χ2n) is 13.8. The van der Waals surface area contributed by atoms with E-state index in [2.05, 4.69) is 10.6 Å². The van der Waals surface area contributed by atoms with Gasteiger partial charge in [0.05, 0.1) is 45.2 Å². The van der Waals surface area contributed by atoms with Gasteiger partial charge in [-0.25, -0.2) is 4.79 Å². The van der Waals surface area contributed by atoms with Gasteiger partial charge in [0.25, 0.3) is 5.79 Å². The highest BCUT2D eigenvalue weighted by molar-refractivity contribution is 5.76. The van der Waals surface area contributed by atoms with Crippen LogP contribution in [0.4, 0.5) is 0 Å². The Bertz CT molecular complexity index is 1300. The number of carbonyl (C=O) groups is 3. The van der Waals surface area contributed by atoms with Gasteiger partial charge in [-0.15, -0.1) is 0 Å². The molecule has 0 aliphatic carbocycles. The summed E-state index contributed by atoms with van der Waals surface area (Å²) in [6.07, 6.45) is -34.9. The molecule has 2 amide bonds. The lowest BCUT2D eigenvalue weighted by molar-refractivity contribution is -0.364. The monoisotopic (exact) mass is 838 g/mol. The van der Waals surface area contributed by atoms with Crippen molar-refractivity contribution in [2.45, 2.75) is 142 Å². The number of carboxylic acid groups (broad SMARTS) is 1. The Kier molecular flexibility index (Phi) is 18.2. The number of carboxylic acids is 1. The average Bonchev–Trinajstić information content (AvgIpc) is 3.17. The van der Waals surface area contributed by atoms with Crippen LogP contribution in [0.1, 0.15) is 20.3 Å². The van der Waals surface area contributed by atoms with E-state index in [4.69, 9.17) is 28.4 Å². The summed E-state index contributed by atoms with van der Waals surface area (Å²) in [7, 11) is 0. The van der Waals surface area contributed by atoms with Crippen molar-refractivity contribution in [3.05, 3.63) is 0 Å². The molecule has 20 atom stereocenters. The van der Waals surface area contributed by atoms with Crippen molar-refractivity contribution < 1.29 is 119 Å². The summed E-state index contributed by atoms with van der Waals surface area (Å²) in [5.41, 5.74) is 0. The van der Waals surface area contributed by atoms with Gasteiger partial charge in [0, 0.05) is 20.3 Å². The van der Waals surface area contributed by atoms with Crippen molar-refractivity contribution in [1.29, 1.82) is 0 Å². The second kappa shape index (κ2) is 21.2. The number of rotatable bonds is 19. The van der Waals surface area contributed by atoms with Gasteiger partial charge in [-0.2, -0.15) is 0 Å². The van der Waals surface area contributed by atoms with E-state index in [-0.39, 0.29) is 0 Å². The van der Waals surface area contributed by atoms with Gasteiger partial charge in [0.1, 0.15) is 91.5 Å². The Morgan fingerprint density at radius 2 is 1.30 bits per heavy atom. The number of nitrogens with one attached hydrogen (secondary N) is 2. The van der Waals surface area contributed by atoms with Crippen LogP contribution in [0.25, 0.3) is 0 Å². The van der Waals surface area contributed by atoms with Crippen LogP contribution in [0.15, 0.2) is 0 Å². The molecule has 17 N–H and O–H groups in total. The summed E-state index contributed by atoms with van der Waals surface area (Å²) in [4.78, 5) is 36.6. The van der Waals surface area contributed by atoms with E-state index in [1.54, 1.807) is 0 Å². The maximum atomic E-state index is 12.6. The van der Waals surface area contributed by atoms with Crippen LogP contribution in [-0.4, -0.2) is 249 Å². The largest absolute Gasteiger partial charge is 0.477 e. The van der Waals surface area contributed by atoms with Crippen LogP contribution in [0.3, 0.4) is 0 Å². The van der Waals surface area contributed by atoms with Crippen molar-refractivity contribution in [3.8, 4) is 0 Å². The van der Waals surface area contributed by atoms with Gasteiger partial charge in [-0.05, 0) is 0 Å². The first-order valence-corrected chi connectivity index (χ1v) is 17.6. The Hall–Kier alpha value is -2.39. The van der Waals surface area contributed by atoms with E-state index in [0.717, 1.165) is 13.8 Å². The molecule has 0 aromatic heterocycles. The van der Waals surface area contributed by atoms with Crippen LogP contribution < -0.4 is 10.6 Å². The summed E-state index contributed by atoms with van der Waals surface area (Å²) >= 11 is 0. The normalized spacial score (nSPS) is 39.3. The topological polar surface area (TPSA) is 434 Å². The molecule has 332 valence electrons. The second-order valence-corrected chi connectivity index (χ2v) is 13.8. The molecule has 3 heterocycles. The zero-order valence-electron chi connectivity index (χ0n) is 30.6. The molecule has 3 rings (SSSR count). The number of aliphatic carboxylic acids is 1. The first-order valence-electron chi connectivity index (χ1n) is 17.6. The lowest BCUT2D eigenvalue weighted by Crippen LogP contribution is -2.69. The quantitative estimate of drug-likeness (QED) is 0.0574. The van der Waals surface area contributed by atoms with E-state index < -0.39 is 179 Å². The van der Waals surface area contributed by atoms with Crippen molar-refractivity contribution >= 4 is 17.8 Å². The van der Waals surface area contributed by atoms with Gasteiger partial charge in [-0.3, -0.25) is 9.59 Å². The van der Waals surface area contributed by atoms with Gasteiger partial charge in [0.15, 0.2) is 12.6 Å². The van der Waals surface area contributed by atoms with Crippen molar-refractivity contribution in [2.24, 2.45) is 0 Å². The average molecular weight is 839 g/mol. The third-order valence-electron chi connectivity index (χ3n) is 9.63. The molecular formula is C31H54N2O24. The molecule has 0 radical (unpaired) electrons. The molecule has 26 heteroatoms. The minimum absolute atomic E-state index is 0.766. The van der Waals surface area contributed by atoms with Crippen LogP contribution >= 0.6 is 0 Å². The summed E-state index contributed by atoms with van der Waals surface area (Å²) < 4.78 is 33.4. The predicted octanol–water partition coefficient (Wildman–Crippen LogP) is -10.6. The van der Waals surface area contributed by atoms with Crippen LogP contribution in [-0.2, 0) is 42.8 Å². The van der Waals surface area contributed by atoms with E-state index >= 15 is 0 Å². The summed E-state index contributed by atoms with van der Waals surface area (Å²) in [6, 6.07) is -3.30. The van der Waals surface area contributed by atoms with Gasteiger partial charge >= 0.3 is 5.97 Å². The third-order valence-corrected chi connectivity index (χ3v) is 9.63. The molecule has 57 heavy (non-hydrogen) atoms. The van der Waals surface area contributed by atoms with E-state index in [1.807, 2.05) is 0 Å². The molecular weight excluding hydrogens is 784 g/mol. The lowest BCUT2D eigenvalue weighted by atomic mass is 9.88. The van der Waals surface area contributed by atoms with Crippen molar-refractivity contribution in [1.82, 2.24) is 10.6 Å². The smallest absolute Gasteiger partial charge is 0.364 e. The van der Waals surface area contributed by atoms with Crippen molar-refractivity contribution in [3.63, 3.8) is 0 Å². The molecule has 0 aromatic carbocycles. The molecule has 3 saturated heterocycles. The van der Waals surface area contributed by atoms with Crippen LogP contribution in [0.2, 0.25) is 0 Å².